The first-order valence-electron chi connectivity index (χ1n) is 7.56. The van der Waals surface area contributed by atoms with Gasteiger partial charge in [-0.05, 0) is 69.7 Å². The van der Waals surface area contributed by atoms with Crippen molar-refractivity contribution in [2.75, 3.05) is 6.54 Å². The third-order valence-corrected chi connectivity index (χ3v) is 4.88. The lowest BCUT2D eigenvalue weighted by molar-refractivity contribution is 0.273. The first-order valence-corrected chi connectivity index (χ1v) is 7.56. The van der Waals surface area contributed by atoms with Gasteiger partial charge in [0.05, 0.1) is 0 Å². The molecule has 0 aliphatic heterocycles. The van der Waals surface area contributed by atoms with Crippen molar-refractivity contribution in [2.45, 2.75) is 64.8 Å². The number of hydrogen-bond acceptors (Lipinski definition) is 1. The summed E-state index contributed by atoms with van der Waals surface area (Å²) in [6, 6.07) is 0.737. The number of hydrogen-bond donors (Lipinski definition) is 1. The molecule has 0 radical (unpaired) electrons. The van der Waals surface area contributed by atoms with Crippen LogP contribution in [-0.2, 0) is 0 Å². The number of nitrogens with one attached hydrogen (secondary N) is 1. The molecule has 2 bridgehead atoms. The van der Waals surface area contributed by atoms with E-state index >= 15 is 0 Å². The predicted molar refractivity (Wildman–Crippen MR) is 75.1 cm³/mol. The Morgan fingerprint density at radius 1 is 1.35 bits per heavy atom. The van der Waals surface area contributed by atoms with E-state index in [0.29, 0.717) is 0 Å². The molecule has 0 saturated heterocycles. The zero-order valence-corrected chi connectivity index (χ0v) is 11.7. The highest BCUT2D eigenvalue weighted by molar-refractivity contribution is 4.93. The summed E-state index contributed by atoms with van der Waals surface area (Å²) in [5.74, 6) is 3.20. The Kier molecular flexibility index (Phi) is 4.67. The molecule has 4 unspecified atom stereocenters. The molecule has 98 valence electrons. The lowest BCUT2D eigenvalue weighted by Crippen LogP contribution is -2.32. The summed E-state index contributed by atoms with van der Waals surface area (Å²) in [4.78, 5) is 0. The highest BCUT2D eigenvalue weighted by Gasteiger charge is 2.39. The average molecular weight is 235 g/mol. The standard InChI is InChI=1S/C16H29N/c1-4-17-16(8-5-12(2)3)11-15-10-13-6-7-14(15)9-13/h13-17H,2,4-11H2,1,3H3. The summed E-state index contributed by atoms with van der Waals surface area (Å²) in [7, 11) is 0. The minimum absolute atomic E-state index is 0.737. The van der Waals surface area contributed by atoms with E-state index in [1.54, 1.807) is 6.42 Å². The van der Waals surface area contributed by atoms with Crippen LogP contribution in [-0.4, -0.2) is 12.6 Å². The molecule has 2 aliphatic rings. The van der Waals surface area contributed by atoms with Gasteiger partial charge in [0.2, 0.25) is 0 Å². The summed E-state index contributed by atoms with van der Waals surface area (Å²) in [5, 5.41) is 3.68. The topological polar surface area (TPSA) is 12.0 Å². The van der Waals surface area contributed by atoms with Gasteiger partial charge >= 0.3 is 0 Å². The lowest BCUT2D eigenvalue weighted by atomic mass is 9.83. The summed E-state index contributed by atoms with van der Waals surface area (Å²) >= 11 is 0. The van der Waals surface area contributed by atoms with E-state index in [2.05, 4.69) is 25.7 Å². The maximum atomic E-state index is 4.03. The average Bonchev–Trinajstić information content (AvgIpc) is 2.88. The van der Waals surface area contributed by atoms with Gasteiger partial charge in [-0.25, -0.2) is 0 Å². The van der Waals surface area contributed by atoms with Crippen LogP contribution in [0.4, 0.5) is 0 Å². The highest BCUT2D eigenvalue weighted by Crippen LogP contribution is 2.50. The van der Waals surface area contributed by atoms with Crippen molar-refractivity contribution >= 4 is 0 Å². The molecule has 0 aromatic rings. The minimum atomic E-state index is 0.737. The quantitative estimate of drug-likeness (QED) is 0.654. The molecule has 1 heteroatoms. The zero-order valence-electron chi connectivity index (χ0n) is 11.7. The molecule has 0 heterocycles. The van der Waals surface area contributed by atoms with Gasteiger partial charge in [0.25, 0.3) is 0 Å². The van der Waals surface area contributed by atoms with Crippen molar-refractivity contribution in [3.05, 3.63) is 12.2 Å². The van der Waals surface area contributed by atoms with Crippen LogP contribution in [0.5, 0.6) is 0 Å². The zero-order chi connectivity index (χ0) is 12.3. The van der Waals surface area contributed by atoms with E-state index in [-0.39, 0.29) is 0 Å². The Morgan fingerprint density at radius 3 is 2.71 bits per heavy atom. The molecule has 2 fully saturated rings. The van der Waals surface area contributed by atoms with Gasteiger partial charge in [-0.1, -0.05) is 18.9 Å². The summed E-state index contributed by atoms with van der Waals surface area (Å²) in [6.07, 6.45) is 10.0. The molecule has 0 aromatic heterocycles. The highest BCUT2D eigenvalue weighted by atomic mass is 14.9. The second-order valence-corrected chi connectivity index (χ2v) is 6.42. The van der Waals surface area contributed by atoms with Crippen molar-refractivity contribution in [3.63, 3.8) is 0 Å². The van der Waals surface area contributed by atoms with E-state index in [1.165, 1.54) is 44.1 Å². The maximum absolute atomic E-state index is 4.03. The van der Waals surface area contributed by atoms with Crippen LogP contribution in [0.2, 0.25) is 0 Å². The van der Waals surface area contributed by atoms with Crippen LogP contribution >= 0.6 is 0 Å². The summed E-state index contributed by atoms with van der Waals surface area (Å²) < 4.78 is 0. The maximum Gasteiger partial charge on any atom is 0.00727 e. The molecule has 2 saturated carbocycles. The van der Waals surface area contributed by atoms with Gasteiger partial charge in [0.15, 0.2) is 0 Å². The van der Waals surface area contributed by atoms with Crippen molar-refractivity contribution < 1.29 is 0 Å². The molecule has 0 amide bonds. The molecule has 4 atom stereocenters. The van der Waals surface area contributed by atoms with Gasteiger partial charge < -0.3 is 5.32 Å². The minimum Gasteiger partial charge on any atom is -0.314 e. The summed E-state index contributed by atoms with van der Waals surface area (Å²) in [6.45, 7) is 9.53. The number of allylic oxidation sites excluding steroid dienone is 1. The molecule has 0 spiro atoms. The lowest BCUT2D eigenvalue weighted by Gasteiger charge is -2.27. The van der Waals surface area contributed by atoms with Crippen molar-refractivity contribution in [2.24, 2.45) is 17.8 Å². The molecular weight excluding hydrogens is 206 g/mol. The summed E-state index contributed by atoms with van der Waals surface area (Å²) in [5.41, 5.74) is 1.33. The predicted octanol–water partition coefficient (Wildman–Crippen LogP) is 4.15. The van der Waals surface area contributed by atoms with Gasteiger partial charge in [0, 0.05) is 6.04 Å². The van der Waals surface area contributed by atoms with E-state index < -0.39 is 0 Å². The van der Waals surface area contributed by atoms with Gasteiger partial charge in [-0.2, -0.15) is 0 Å². The SMILES string of the molecule is C=C(C)CCC(CC1CC2CCC1C2)NCC. The smallest absolute Gasteiger partial charge is 0.00727 e. The van der Waals surface area contributed by atoms with Crippen molar-refractivity contribution in [1.29, 1.82) is 0 Å². The van der Waals surface area contributed by atoms with Crippen LogP contribution in [0.3, 0.4) is 0 Å². The molecule has 2 rings (SSSR count). The van der Waals surface area contributed by atoms with E-state index in [9.17, 15) is 0 Å². The molecule has 1 nitrogen and oxygen atoms in total. The van der Waals surface area contributed by atoms with Crippen LogP contribution in [0.25, 0.3) is 0 Å². The first kappa shape index (κ1) is 13.1. The Morgan fingerprint density at radius 2 is 2.18 bits per heavy atom. The van der Waals surface area contributed by atoms with Gasteiger partial charge in [-0.3, -0.25) is 0 Å². The van der Waals surface area contributed by atoms with Crippen molar-refractivity contribution in [3.8, 4) is 0 Å². The van der Waals surface area contributed by atoms with Gasteiger partial charge in [-0.15, -0.1) is 6.58 Å². The Labute approximate surface area is 107 Å². The fraction of sp³-hybridized carbons (Fsp3) is 0.875. The number of rotatable bonds is 7. The normalized spacial score (nSPS) is 32.9. The molecule has 17 heavy (non-hydrogen) atoms. The molecule has 2 aliphatic carbocycles. The fourth-order valence-corrected chi connectivity index (χ4v) is 4.04. The second kappa shape index (κ2) is 6.04. The Balaban J connectivity index is 1.78. The largest absolute Gasteiger partial charge is 0.314 e. The van der Waals surface area contributed by atoms with Gasteiger partial charge in [0.1, 0.15) is 0 Å². The third-order valence-electron chi connectivity index (χ3n) is 4.88. The first-order chi connectivity index (χ1) is 8.19. The second-order valence-electron chi connectivity index (χ2n) is 6.42. The fourth-order valence-electron chi connectivity index (χ4n) is 4.04. The van der Waals surface area contributed by atoms with Crippen LogP contribution in [0.15, 0.2) is 12.2 Å². The van der Waals surface area contributed by atoms with Crippen molar-refractivity contribution in [1.82, 2.24) is 5.32 Å². The molecular formula is C16H29N. The molecule has 1 N–H and O–H groups in total. The van der Waals surface area contributed by atoms with E-state index in [1.807, 2.05) is 0 Å². The van der Waals surface area contributed by atoms with Crippen LogP contribution < -0.4 is 5.32 Å². The molecule has 0 aromatic carbocycles. The Hall–Kier alpha value is -0.300. The number of fused-ring (bicyclic) bond motifs is 2. The van der Waals surface area contributed by atoms with Crippen LogP contribution in [0, 0.1) is 17.8 Å². The monoisotopic (exact) mass is 235 g/mol. The third kappa shape index (κ3) is 3.58. The van der Waals surface area contributed by atoms with Crippen LogP contribution in [0.1, 0.15) is 58.8 Å². The van der Waals surface area contributed by atoms with E-state index in [0.717, 1.165) is 30.3 Å². The Bertz CT molecular complexity index is 258. The van der Waals surface area contributed by atoms with E-state index in [4.69, 9.17) is 0 Å².